The van der Waals surface area contributed by atoms with Crippen LogP contribution in [-0.4, -0.2) is 34.6 Å². The molecule has 1 aliphatic heterocycles. The monoisotopic (exact) mass is 279 g/mol. The Hall–Kier alpha value is -1.42. The van der Waals surface area contributed by atoms with Crippen LogP contribution < -0.4 is 0 Å². The normalized spacial score (nSPS) is 19.8. The second kappa shape index (κ2) is 5.17. The summed E-state index contributed by atoms with van der Waals surface area (Å²) in [6.07, 6.45) is 0.890. The molecule has 1 fully saturated rings. The second-order valence-corrected chi connectivity index (χ2v) is 6.52. The summed E-state index contributed by atoms with van der Waals surface area (Å²) >= 11 is 0. The highest BCUT2D eigenvalue weighted by Gasteiger charge is 2.45. The van der Waals surface area contributed by atoms with Gasteiger partial charge in [0.05, 0.1) is 5.41 Å². The third-order valence-electron chi connectivity index (χ3n) is 4.36. The van der Waals surface area contributed by atoms with Gasteiger partial charge in [-0.1, -0.05) is 18.2 Å². The van der Waals surface area contributed by atoms with E-state index in [4.69, 9.17) is 0 Å². The largest absolute Gasteiger partial charge is 0.481 e. The van der Waals surface area contributed by atoms with Gasteiger partial charge in [0.1, 0.15) is 5.82 Å². The van der Waals surface area contributed by atoms with E-state index in [1.54, 1.807) is 18.2 Å². The molecule has 1 saturated heterocycles. The van der Waals surface area contributed by atoms with E-state index in [-0.39, 0.29) is 5.54 Å². The molecule has 0 atom stereocenters. The molecule has 20 heavy (non-hydrogen) atoms. The van der Waals surface area contributed by atoms with Crippen molar-refractivity contribution >= 4 is 5.97 Å². The van der Waals surface area contributed by atoms with E-state index in [1.807, 2.05) is 0 Å². The molecule has 3 nitrogen and oxygen atoms in total. The summed E-state index contributed by atoms with van der Waals surface area (Å²) in [5, 5.41) is 9.67. The van der Waals surface area contributed by atoms with Gasteiger partial charge >= 0.3 is 5.97 Å². The van der Waals surface area contributed by atoms with Crippen molar-refractivity contribution < 1.29 is 14.3 Å². The van der Waals surface area contributed by atoms with Crippen LogP contribution in [0.25, 0.3) is 0 Å². The number of nitrogens with zero attached hydrogens (tertiary/aromatic N) is 1. The Balaban J connectivity index is 2.32. The molecule has 0 radical (unpaired) electrons. The molecule has 2 rings (SSSR count). The van der Waals surface area contributed by atoms with Gasteiger partial charge in [-0.2, -0.15) is 0 Å². The molecule has 1 aromatic rings. The first-order valence-corrected chi connectivity index (χ1v) is 7.01. The number of carbonyl (C=O) groups is 1. The van der Waals surface area contributed by atoms with Gasteiger partial charge in [0.15, 0.2) is 0 Å². The van der Waals surface area contributed by atoms with E-state index >= 15 is 0 Å². The maximum Gasteiger partial charge on any atom is 0.314 e. The first kappa shape index (κ1) is 15.0. The lowest BCUT2D eigenvalue weighted by atomic mass is 9.72. The van der Waals surface area contributed by atoms with Crippen molar-refractivity contribution in [1.29, 1.82) is 0 Å². The highest BCUT2D eigenvalue weighted by Crippen LogP contribution is 2.38. The minimum absolute atomic E-state index is 0.0138. The second-order valence-electron chi connectivity index (χ2n) is 6.52. The number of carboxylic acids is 1. The SMILES string of the molecule is CC(C)(C)N1CCC(C(=O)O)(c2ccccc2F)CC1. The fourth-order valence-corrected chi connectivity index (χ4v) is 3.01. The molecular weight excluding hydrogens is 257 g/mol. The fraction of sp³-hybridized carbons (Fsp3) is 0.562. The maximum atomic E-state index is 14.0. The summed E-state index contributed by atoms with van der Waals surface area (Å²) < 4.78 is 14.0. The van der Waals surface area contributed by atoms with Crippen LogP contribution in [0.3, 0.4) is 0 Å². The Morgan fingerprint density at radius 2 is 1.80 bits per heavy atom. The lowest BCUT2D eigenvalue weighted by Gasteiger charge is -2.44. The molecule has 0 bridgehead atoms. The summed E-state index contributed by atoms with van der Waals surface area (Å²) in [5.74, 6) is -1.34. The third kappa shape index (κ3) is 2.57. The fourth-order valence-electron chi connectivity index (χ4n) is 3.01. The van der Waals surface area contributed by atoms with E-state index in [0.29, 0.717) is 31.5 Å². The van der Waals surface area contributed by atoms with Crippen molar-refractivity contribution in [2.45, 2.75) is 44.6 Å². The average Bonchev–Trinajstić information content (AvgIpc) is 2.38. The number of rotatable bonds is 2. The maximum absolute atomic E-state index is 14.0. The van der Waals surface area contributed by atoms with E-state index in [2.05, 4.69) is 25.7 Å². The zero-order chi connectivity index (χ0) is 15.0. The van der Waals surface area contributed by atoms with E-state index in [9.17, 15) is 14.3 Å². The summed E-state index contributed by atoms with van der Waals surface area (Å²) in [5.41, 5.74) is -0.756. The van der Waals surface area contributed by atoms with Crippen LogP contribution in [0.1, 0.15) is 39.2 Å². The van der Waals surface area contributed by atoms with Crippen LogP contribution in [0.15, 0.2) is 24.3 Å². The van der Waals surface area contributed by atoms with Crippen molar-refractivity contribution in [2.75, 3.05) is 13.1 Å². The van der Waals surface area contributed by atoms with Crippen LogP contribution >= 0.6 is 0 Å². The quantitative estimate of drug-likeness (QED) is 0.904. The van der Waals surface area contributed by atoms with Crippen molar-refractivity contribution in [3.63, 3.8) is 0 Å². The van der Waals surface area contributed by atoms with Gasteiger partial charge in [-0.3, -0.25) is 9.69 Å². The van der Waals surface area contributed by atoms with E-state index in [0.717, 1.165) is 0 Å². The lowest BCUT2D eigenvalue weighted by molar-refractivity contribution is -0.146. The number of halogens is 1. The van der Waals surface area contributed by atoms with Crippen LogP contribution in [0, 0.1) is 5.82 Å². The van der Waals surface area contributed by atoms with Gasteiger partial charge in [0.2, 0.25) is 0 Å². The van der Waals surface area contributed by atoms with E-state index < -0.39 is 17.2 Å². The van der Waals surface area contributed by atoms with Crippen LogP contribution in [-0.2, 0) is 10.2 Å². The lowest BCUT2D eigenvalue weighted by Crippen LogP contribution is -2.53. The first-order chi connectivity index (χ1) is 9.27. The van der Waals surface area contributed by atoms with Crippen LogP contribution in [0.2, 0.25) is 0 Å². The number of likely N-dealkylation sites (tertiary alicyclic amines) is 1. The minimum Gasteiger partial charge on any atom is -0.481 e. The Bertz CT molecular complexity index is 499. The molecule has 1 aromatic carbocycles. The molecule has 0 unspecified atom stereocenters. The minimum atomic E-state index is -1.09. The molecule has 0 spiro atoms. The van der Waals surface area contributed by atoms with Gasteiger partial charge in [-0.25, -0.2) is 4.39 Å². The molecule has 1 N–H and O–H groups in total. The van der Waals surface area contributed by atoms with Gasteiger partial charge in [0, 0.05) is 24.2 Å². The number of carboxylic acid groups (broad SMARTS) is 1. The number of hydrogen-bond donors (Lipinski definition) is 1. The van der Waals surface area contributed by atoms with Crippen molar-refractivity contribution in [2.24, 2.45) is 0 Å². The predicted octanol–water partition coefficient (Wildman–Crippen LogP) is 3.04. The van der Waals surface area contributed by atoms with Crippen molar-refractivity contribution in [1.82, 2.24) is 4.90 Å². The van der Waals surface area contributed by atoms with Gasteiger partial charge in [-0.15, -0.1) is 0 Å². The van der Waals surface area contributed by atoms with Gasteiger partial charge in [0.25, 0.3) is 0 Å². The molecule has 1 aliphatic rings. The van der Waals surface area contributed by atoms with E-state index in [1.165, 1.54) is 6.07 Å². The van der Waals surface area contributed by atoms with Crippen LogP contribution in [0.4, 0.5) is 4.39 Å². The summed E-state index contributed by atoms with van der Waals surface area (Å²) in [6, 6.07) is 6.25. The molecule has 110 valence electrons. The Morgan fingerprint density at radius 3 is 2.25 bits per heavy atom. The molecule has 1 heterocycles. The molecular formula is C16H22FNO2. The Kier molecular flexibility index (Phi) is 3.87. The summed E-state index contributed by atoms with van der Waals surface area (Å²) in [6.45, 7) is 7.69. The van der Waals surface area contributed by atoms with Crippen molar-refractivity contribution in [3.8, 4) is 0 Å². The number of piperidine rings is 1. The molecule has 4 heteroatoms. The van der Waals surface area contributed by atoms with Crippen LogP contribution in [0.5, 0.6) is 0 Å². The predicted molar refractivity (Wildman–Crippen MR) is 76.3 cm³/mol. The summed E-state index contributed by atoms with van der Waals surface area (Å²) in [4.78, 5) is 14.1. The topological polar surface area (TPSA) is 40.5 Å². The Morgan fingerprint density at radius 1 is 1.25 bits per heavy atom. The highest BCUT2D eigenvalue weighted by atomic mass is 19.1. The zero-order valence-corrected chi connectivity index (χ0v) is 12.3. The smallest absolute Gasteiger partial charge is 0.314 e. The number of hydrogen-bond acceptors (Lipinski definition) is 2. The molecule has 0 amide bonds. The number of aliphatic carboxylic acids is 1. The van der Waals surface area contributed by atoms with Gasteiger partial charge < -0.3 is 5.11 Å². The third-order valence-corrected chi connectivity index (χ3v) is 4.36. The first-order valence-electron chi connectivity index (χ1n) is 7.01. The number of benzene rings is 1. The standard InChI is InChI=1S/C16H22FNO2/c1-15(2,3)18-10-8-16(9-11-18,14(19)20)12-6-4-5-7-13(12)17/h4-7H,8-11H2,1-3H3,(H,19,20). The highest BCUT2D eigenvalue weighted by molar-refractivity contribution is 5.81. The van der Waals surface area contributed by atoms with Crippen molar-refractivity contribution in [3.05, 3.63) is 35.6 Å². The summed E-state index contributed by atoms with van der Waals surface area (Å²) in [7, 11) is 0. The molecule has 0 saturated carbocycles. The average molecular weight is 279 g/mol. The zero-order valence-electron chi connectivity index (χ0n) is 12.3. The molecule has 0 aliphatic carbocycles. The van der Waals surface area contributed by atoms with Gasteiger partial charge in [-0.05, 0) is 39.7 Å². The Labute approximate surface area is 119 Å². The molecule has 0 aromatic heterocycles.